The van der Waals surface area contributed by atoms with Crippen molar-refractivity contribution in [3.05, 3.63) is 57.5 Å². The van der Waals surface area contributed by atoms with Crippen molar-refractivity contribution in [1.82, 2.24) is 14.5 Å². The summed E-state index contributed by atoms with van der Waals surface area (Å²) in [6, 6.07) is 4.34. The van der Waals surface area contributed by atoms with E-state index in [1.54, 1.807) is 0 Å². The highest BCUT2D eigenvalue weighted by molar-refractivity contribution is 7.89. The first kappa shape index (κ1) is 17.7. The summed E-state index contributed by atoms with van der Waals surface area (Å²) in [6.45, 7) is -0.233. The van der Waals surface area contributed by atoms with Crippen molar-refractivity contribution in [2.24, 2.45) is 0 Å². The quantitative estimate of drug-likeness (QED) is 0.863. The Kier molecular flexibility index (Phi) is 4.96. The Balaban J connectivity index is 1.74. The zero-order chi connectivity index (χ0) is 18.0. The van der Waals surface area contributed by atoms with Crippen molar-refractivity contribution in [3.63, 3.8) is 0 Å². The second kappa shape index (κ2) is 7.01. The van der Waals surface area contributed by atoms with Crippen molar-refractivity contribution < 1.29 is 17.2 Å². The minimum Gasteiger partial charge on any atom is -0.268 e. The summed E-state index contributed by atoms with van der Waals surface area (Å²) in [5.74, 6) is -2.34. The standard InChI is InChI=1S/C16H17F2N3O3S/c17-12-5-3-6-13(18)16(12)25(23,24)19-8-9-21-15(22)10-11-4-1-2-7-14(11)20-21/h3,5-6,10,19H,1-2,4,7-9H2. The molecule has 0 fully saturated rings. The van der Waals surface area contributed by atoms with Gasteiger partial charge >= 0.3 is 0 Å². The number of aryl methyl sites for hydroxylation is 2. The SMILES string of the molecule is O=c1cc2c(nn1CCNS(=O)(=O)c1c(F)cccc1F)CCCC2. The van der Waals surface area contributed by atoms with Gasteiger partial charge in [-0.3, -0.25) is 4.79 Å². The molecule has 1 aromatic carbocycles. The van der Waals surface area contributed by atoms with Crippen LogP contribution < -0.4 is 10.3 Å². The number of benzene rings is 1. The minimum atomic E-state index is -4.37. The number of fused-ring (bicyclic) bond motifs is 1. The lowest BCUT2D eigenvalue weighted by atomic mass is 9.97. The summed E-state index contributed by atoms with van der Waals surface area (Å²) in [5.41, 5.74) is 1.45. The predicted molar refractivity (Wildman–Crippen MR) is 86.7 cm³/mol. The van der Waals surface area contributed by atoms with Gasteiger partial charge in [-0.05, 0) is 43.4 Å². The molecule has 9 heteroatoms. The van der Waals surface area contributed by atoms with E-state index in [1.807, 2.05) is 0 Å². The maximum Gasteiger partial charge on any atom is 0.267 e. The van der Waals surface area contributed by atoms with Crippen molar-refractivity contribution in [3.8, 4) is 0 Å². The maximum atomic E-state index is 13.6. The molecule has 0 saturated carbocycles. The van der Waals surface area contributed by atoms with Gasteiger partial charge in [0.25, 0.3) is 5.56 Å². The van der Waals surface area contributed by atoms with Gasteiger partial charge in [-0.1, -0.05) is 6.07 Å². The van der Waals surface area contributed by atoms with Gasteiger partial charge in [0, 0.05) is 12.6 Å². The number of nitrogens with one attached hydrogen (secondary N) is 1. The normalized spacial score (nSPS) is 14.3. The van der Waals surface area contributed by atoms with E-state index >= 15 is 0 Å². The first-order valence-electron chi connectivity index (χ1n) is 7.92. The largest absolute Gasteiger partial charge is 0.268 e. The van der Waals surface area contributed by atoms with E-state index in [2.05, 4.69) is 9.82 Å². The topological polar surface area (TPSA) is 81.1 Å². The van der Waals surface area contributed by atoms with Crippen LogP contribution in [0.4, 0.5) is 8.78 Å². The number of hydrogen-bond acceptors (Lipinski definition) is 4. The van der Waals surface area contributed by atoms with Crippen LogP contribution in [0.25, 0.3) is 0 Å². The fourth-order valence-electron chi connectivity index (χ4n) is 2.86. The van der Waals surface area contributed by atoms with E-state index in [9.17, 15) is 22.0 Å². The molecule has 0 amide bonds. The zero-order valence-electron chi connectivity index (χ0n) is 13.3. The molecule has 1 N–H and O–H groups in total. The summed E-state index contributed by atoms with van der Waals surface area (Å²) < 4.78 is 54.7. The maximum absolute atomic E-state index is 13.6. The first-order valence-corrected chi connectivity index (χ1v) is 9.40. The van der Waals surface area contributed by atoms with Gasteiger partial charge in [0.15, 0.2) is 4.90 Å². The predicted octanol–water partition coefficient (Wildman–Crippen LogP) is 1.38. The molecule has 0 radical (unpaired) electrons. The third kappa shape index (κ3) is 3.77. The van der Waals surface area contributed by atoms with E-state index in [1.165, 1.54) is 10.7 Å². The molecule has 1 aliphatic carbocycles. The molecule has 3 rings (SSSR count). The molecule has 0 saturated heterocycles. The lowest BCUT2D eigenvalue weighted by Gasteiger charge is -2.16. The summed E-state index contributed by atoms with van der Waals surface area (Å²) in [6.07, 6.45) is 3.61. The second-order valence-electron chi connectivity index (χ2n) is 5.83. The number of nitrogens with zero attached hydrogens (tertiary/aromatic N) is 2. The Bertz CT molecular complexity index is 937. The molecule has 6 nitrogen and oxygen atoms in total. The molecular formula is C16H17F2N3O3S. The highest BCUT2D eigenvalue weighted by Gasteiger charge is 2.23. The zero-order valence-corrected chi connectivity index (χ0v) is 14.2. The molecule has 25 heavy (non-hydrogen) atoms. The van der Waals surface area contributed by atoms with Crippen molar-refractivity contribution in [1.29, 1.82) is 0 Å². The summed E-state index contributed by atoms with van der Waals surface area (Å²) in [7, 11) is -4.37. The van der Waals surface area contributed by atoms with Gasteiger partial charge < -0.3 is 0 Å². The number of sulfonamides is 1. The average molecular weight is 369 g/mol. The molecule has 0 unspecified atom stereocenters. The molecule has 0 bridgehead atoms. The third-order valence-corrected chi connectivity index (χ3v) is 5.59. The van der Waals surface area contributed by atoms with E-state index in [-0.39, 0.29) is 18.6 Å². The molecular weight excluding hydrogens is 352 g/mol. The Morgan fingerprint density at radius 3 is 2.56 bits per heavy atom. The summed E-state index contributed by atoms with van der Waals surface area (Å²) in [5, 5.41) is 4.26. The van der Waals surface area contributed by atoms with Crippen molar-refractivity contribution in [2.75, 3.05) is 6.54 Å². The van der Waals surface area contributed by atoms with Crippen LogP contribution in [0.3, 0.4) is 0 Å². The molecule has 0 atom stereocenters. The third-order valence-electron chi connectivity index (χ3n) is 4.08. The smallest absolute Gasteiger partial charge is 0.267 e. The molecule has 1 heterocycles. The van der Waals surface area contributed by atoms with Crippen LogP contribution in [-0.4, -0.2) is 24.7 Å². The molecule has 2 aromatic rings. The van der Waals surface area contributed by atoms with Crippen molar-refractivity contribution >= 4 is 10.0 Å². The van der Waals surface area contributed by atoms with E-state index in [0.717, 1.165) is 55.1 Å². The van der Waals surface area contributed by atoms with Crippen LogP contribution in [0, 0.1) is 11.6 Å². The second-order valence-corrected chi connectivity index (χ2v) is 7.54. The number of halogens is 2. The molecule has 0 aliphatic heterocycles. The first-order chi connectivity index (χ1) is 11.9. The van der Waals surface area contributed by atoms with E-state index < -0.39 is 26.6 Å². The molecule has 0 spiro atoms. The molecule has 1 aliphatic rings. The highest BCUT2D eigenvalue weighted by atomic mass is 32.2. The molecule has 134 valence electrons. The van der Waals surface area contributed by atoms with Crippen LogP contribution in [0.2, 0.25) is 0 Å². The molecule has 1 aromatic heterocycles. The number of hydrogen-bond donors (Lipinski definition) is 1. The van der Waals surface area contributed by atoms with Crippen molar-refractivity contribution in [2.45, 2.75) is 37.1 Å². The lowest BCUT2D eigenvalue weighted by molar-refractivity contribution is 0.504. The summed E-state index contributed by atoms with van der Waals surface area (Å²) >= 11 is 0. The highest BCUT2D eigenvalue weighted by Crippen LogP contribution is 2.18. The number of rotatable bonds is 5. The van der Waals surface area contributed by atoms with Gasteiger partial charge in [0.1, 0.15) is 11.6 Å². The van der Waals surface area contributed by atoms with Gasteiger partial charge in [-0.15, -0.1) is 0 Å². The van der Waals surface area contributed by atoms with Gasteiger partial charge in [-0.25, -0.2) is 26.6 Å². The monoisotopic (exact) mass is 369 g/mol. The van der Waals surface area contributed by atoms with E-state index in [0.29, 0.717) is 0 Å². The van der Waals surface area contributed by atoms with Crippen LogP contribution in [-0.2, 0) is 29.4 Å². The van der Waals surface area contributed by atoms with Crippen LogP contribution >= 0.6 is 0 Å². The fraction of sp³-hybridized carbons (Fsp3) is 0.375. The average Bonchev–Trinajstić information content (AvgIpc) is 2.54. The Morgan fingerprint density at radius 2 is 1.84 bits per heavy atom. The van der Waals surface area contributed by atoms with Gasteiger partial charge in [0.05, 0.1) is 12.2 Å². The summed E-state index contributed by atoms with van der Waals surface area (Å²) in [4.78, 5) is 11.0. The van der Waals surface area contributed by atoms with Crippen LogP contribution in [0.5, 0.6) is 0 Å². The van der Waals surface area contributed by atoms with Gasteiger partial charge in [-0.2, -0.15) is 5.10 Å². The Labute approximate surface area is 143 Å². The Morgan fingerprint density at radius 1 is 1.16 bits per heavy atom. The Hall–Kier alpha value is -2.13. The van der Waals surface area contributed by atoms with Crippen LogP contribution in [0.1, 0.15) is 24.1 Å². The number of aromatic nitrogens is 2. The fourth-order valence-corrected chi connectivity index (χ4v) is 4.01. The van der Waals surface area contributed by atoms with Crippen LogP contribution in [0.15, 0.2) is 34.0 Å². The van der Waals surface area contributed by atoms with Gasteiger partial charge in [0.2, 0.25) is 10.0 Å². The minimum absolute atomic E-state index is 0.0264. The van der Waals surface area contributed by atoms with E-state index in [4.69, 9.17) is 0 Å². The lowest BCUT2D eigenvalue weighted by Crippen LogP contribution is -2.33.